The van der Waals surface area contributed by atoms with Crippen LogP contribution in [0.25, 0.3) is 11.4 Å². The number of allylic oxidation sites excluding steroid dienone is 2. The molecule has 1 aromatic heterocycles. The molecule has 1 aliphatic heterocycles. The van der Waals surface area contributed by atoms with E-state index >= 15 is 0 Å². The van der Waals surface area contributed by atoms with Gasteiger partial charge in [0, 0.05) is 17.7 Å². The Bertz CT molecular complexity index is 1070. The van der Waals surface area contributed by atoms with Gasteiger partial charge in [0.1, 0.15) is 5.78 Å². The molecular formula is C23H22N4O. The molecule has 3 aromatic rings. The van der Waals surface area contributed by atoms with Gasteiger partial charge < -0.3 is 5.32 Å². The van der Waals surface area contributed by atoms with Crippen molar-refractivity contribution >= 4 is 11.7 Å². The van der Waals surface area contributed by atoms with Crippen molar-refractivity contribution in [2.45, 2.75) is 26.3 Å². The van der Waals surface area contributed by atoms with Gasteiger partial charge in [0.2, 0.25) is 5.95 Å². The monoisotopic (exact) mass is 370 g/mol. The van der Waals surface area contributed by atoms with E-state index in [1.807, 2.05) is 53.2 Å². The van der Waals surface area contributed by atoms with Gasteiger partial charge in [-0.05, 0) is 11.0 Å². The summed E-state index contributed by atoms with van der Waals surface area (Å²) >= 11 is 0. The lowest BCUT2D eigenvalue weighted by molar-refractivity contribution is -0.125. The van der Waals surface area contributed by atoms with Gasteiger partial charge in [0.15, 0.2) is 5.82 Å². The summed E-state index contributed by atoms with van der Waals surface area (Å²) in [4.78, 5) is 17.9. The third kappa shape index (κ3) is 2.74. The summed E-state index contributed by atoms with van der Waals surface area (Å²) in [5.74, 6) is 1.32. The molecule has 2 unspecified atom stereocenters. The molecule has 5 heteroatoms. The van der Waals surface area contributed by atoms with Crippen molar-refractivity contribution in [3.05, 3.63) is 78.0 Å². The molecule has 0 amide bonds. The molecule has 2 aliphatic rings. The van der Waals surface area contributed by atoms with Crippen LogP contribution in [0.2, 0.25) is 0 Å². The Balaban J connectivity index is 1.70. The van der Waals surface area contributed by atoms with E-state index in [4.69, 9.17) is 10.1 Å². The zero-order chi connectivity index (χ0) is 19.3. The average Bonchev–Trinajstić information content (AvgIpc) is 3.10. The van der Waals surface area contributed by atoms with E-state index in [1.165, 1.54) is 0 Å². The van der Waals surface area contributed by atoms with Crippen LogP contribution in [-0.2, 0) is 4.79 Å². The maximum atomic E-state index is 13.2. The summed E-state index contributed by atoms with van der Waals surface area (Å²) in [6.07, 6.45) is 2.72. The molecule has 2 aromatic carbocycles. The van der Waals surface area contributed by atoms with E-state index in [2.05, 4.69) is 37.4 Å². The zero-order valence-electron chi connectivity index (χ0n) is 16.0. The Kier molecular flexibility index (Phi) is 3.72. The lowest BCUT2D eigenvalue weighted by Gasteiger charge is -2.40. The maximum Gasteiger partial charge on any atom is 0.226 e. The molecule has 2 heterocycles. The summed E-state index contributed by atoms with van der Waals surface area (Å²) in [6.45, 7) is 4.20. The van der Waals surface area contributed by atoms with Crippen LogP contribution in [0.3, 0.4) is 0 Å². The van der Waals surface area contributed by atoms with Crippen molar-refractivity contribution in [2.75, 3.05) is 5.32 Å². The van der Waals surface area contributed by atoms with Crippen molar-refractivity contribution < 1.29 is 4.79 Å². The fourth-order valence-corrected chi connectivity index (χ4v) is 4.32. The molecule has 2 atom stereocenters. The normalized spacial score (nSPS) is 22.6. The Hall–Kier alpha value is -3.21. The van der Waals surface area contributed by atoms with E-state index < -0.39 is 0 Å². The number of nitrogens with one attached hydrogen (secondary N) is 1. The Morgan fingerprint density at radius 3 is 2.43 bits per heavy atom. The van der Waals surface area contributed by atoms with E-state index in [-0.39, 0.29) is 23.2 Å². The quantitative estimate of drug-likeness (QED) is 0.724. The molecule has 0 radical (unpaired) electrons. The smallest absolute Gasteiger partial charge is 0.226 e. The second-order valence-electron chi connectivity index (χ2n) is 8.26. The van der Waals surface area contributed by atoms with E-state index in [0.29, 0.717) is 18.2 Å². The first-order valence-corrected chi connectivity index (χ1v) is 9.61. The third-order valence-electron chi connectivity index (χ3n) is 5.50. The van der Waals surface area contributed by atoms with E-state index in [9.17, 15) is 4.79 Å². The minimum atomic E-state index is -0.270. The minimum Gasteiger partial charge on any atom is -0.328 e. The second-order valence-corrected chi connectivity index (χ2v) is 8.26. The van der Waals surface area contributed by atoms with Crippen LogP contribution in [-0.4, -0.2) is 20.5 Å². The van der Waals surface area contributed by atoms with Gasteiger partial charge in [-0.2, -0.15) is 4.98 Å². The first kappa shape index (κ1) is 16.9. The predicted octanol–water partition coefficient (Wildman–Crippen LogP) is 4.46. The highest BCUT2D eigenvalue weighted by Gasteiger charge is 2.45. The molecule has 1 N–H and O–H groups in total. The number of anilines is 1. The van der Waals surface area contributed by atoms with Gasteiger partial charge in [-0.1, -0.05) is 80.6 Å². The molecule has 5 nitrogen and oxygen atoms in total. The van der Waals surface area contributed by atoms with E-state index in [1.54, 1.807) is 0 Å². The molecule has 0 fully saturated rings. The Morgan fingerprint density at radius 1 is 1.04 bits per heavy atom. The number of nitrogens with zero attached hydrogens (tertiary/aromatic N) is 3. The van der Waals surface area contributed by atoms with Crippen molar-refractivity contribution in [2.24, 2.45) is 11.3 Å². The molecule has 5 rings (SSSR count). The van der Waals surface area contributed by atoms with Gasteiger partial charge in [-0.3, -0.25) is 4.79 Å². The number of aromatic nitrogens is 3. The third-order valence-corrected chi connectivity index (χ3v) is 5.50. The fraction of sp³-hybridized carbons (Fsp3) is 0.261. The number of hydrogen-bond donors (Lipinski definition) is 1. The topological polar surface area (TPSA) is 59.8 Å². The van der Waals surface area contributed by atoms with Crippen LogP contribution in [0.5, 0.6) is 0 Å². The number of benzene rings is 2. The highest BCUT2D eigenvalue weighted by atomic mass is 16.1. The number of hydrogen-bond acceptors (Lipinski definition) is 4. The number of ketones is 1. The van der Waals surface area contributed by atoms with Gasteiger partial charge in [0.25, 0.3) is 0 Å². The van der Waals surface area contributed by atoms with Gasteiger partial charge >= 0.3 is 0 Å². The maximum absolute atomic E-state index is 13.2. The van der Waals surface area contributed by atoms with Crippen LogP contribution < -0.4 is 5.32 Å². The van der Waals surface area contributed by atoms with Crippen molar-refractivity contribution in [1.82, 2.24) is 14.8 Å². The number of fused-ring (bicyclic) bond motifs is 2. The SMILES string of the molecule is CC1(C)C=C2Nc3nc(-c4ccccc4)nn3C(c3ccccc3)C2C(=O)C1. The average molecular weight is 370 g/mol. The van der Waals surface area contributed by atoms with Crippen molar-refractivity contribution in [3.63, 3.8) is 0 Å². The van der Waals surface area contributed by atoms with Gasteiger partial charge in [-0.25, -0.2) is 4.68 Å². The molecule has 0 saturated heterocycles. The lowest BCUT2D eigenvalue weighted by Crippen LogP contribution is -2.42. The van der Waals surface area contributed by atoms with Crippen LogP contribution in [0.4, 0.5) is 5.95 Å². The number of carbonyl (C=O) groups is 1. The number of carbonyl (C=O) groups excluding carboxylic acids is 1. The highest BCUT2D eigenvalue weighted by Crippen LogP contribution is 2.45. The molecule has 0 spiro atoms. The molecule has 0 bridgehead atoms. The Labute approximate surface area is 164 Å². The van der Waals surface area contributed by atoms with Crippen LogP contribution in [0.1, 0.15) is 31.9 Å². The number of Topliss-reactive ketones (excluding diaryl/α,β-unsaturated/α-hetero) is 1. The van der Waals surface area contributed by atoms with Crippen LogP contribution in [0.15, 0.2) is 72.4 Å². The van der Waals surface area contributed by atoms with Crippen LogP contribution >= 0.6 is 0 Å². The minimum absolute atomic E-state index is 0.165. The second kappa shape index (κ2) is 6.16. The molecule has 0 saturated carbocycles. The largest absolute Gasteiger partial charge is 0.328 e. The van der Waals surface area contributed by atoms with Gasteiger partial charge in [0.05, 0.1) is 12.0 Å². The summed E-state index contributed by atoms with van der Waals surface area (Å²) in [6, 6.07) is 19.9. The van der Waals surface area contributed by atoms with E-state index in [0.717, 1.165) is 16.8 Å². The first-order valence-electron chi connectivity index (χ1n) is 9.61. The molecule has 1 aliphatic carbocycles. The number of rotatable bonds is 2. The zero-order valence-corrected chi connectivity index (χ0v) is 16.0. The fourth-order valence-electron chi connectivity index (χ4n) is 4.32. The lowest BCUT2D eigenvalue weighted by atomic mass is 9.72. The first-order chi connectivity index (χ1) is 13.5. The van der Waals surface area contributed by atoms with Gasteiger partial charge in [-0.15, -0.1) is 5.10 Å². The summed E-state index contributed by atoms with van der Waals surface area (Å²) in [5.41, 5.74) is 2.80. The summed E-state index contributed by atoms with van der Waals surface area (Å²) in [7, 11) is 0. The highest BCUT2D eigenvalue weighted by molar-refractivity contribution is 5.88. The van der Waals surface area contributed by atoms with Crippen molar-refractivity contribution in [3.8, 4) is 11.4 Å². The molecular weight excluding hydrogens is 348 g/mol. The standard InChI is InChI=1S/C23H22N4O/c1-23(2)13-17-19(18(28)14-23)20(15-9-5-3-6-10-15)27-22(24-17)25-21(26-27)16-11-7-4-8-12-16/h3-13,19-20H,14H2,1-2H3,(H,24,25,26). The summed E-state index contributed by atoms with van der Waals surface area (Å²) < 4.78 is 1.88. The van der Waals surface area contributed by atoms with Crippen LogP contribution in [0, 0.1) is 11.3 Å². The predicted molar refractivity (Wildman–Crippen MR) is 109 cm³/mol. The Morgan fingerprint density at radius 2 is 1.71 bits per heavy atom. The summed E-state index contributed by atoms with van der Waals surface area (Å²) in [5, 5.41) is 8.21. The van der Waals surface area contributed by atoms with Crippen molar-refractivity contribution in [1.29, 1.82) is 0 Å². The molecule has 140 valence electrons. The molecule has 28 heavy (non-hydrogen) atoms.